The number of anilines is 1. The van der Waals surface area contributed by atoms with Gasteiger partial charge in [-0.3, -0.25) is 0 Å². The maximum Gasteiger partial charge on any atom is 0.410 e. The molecule has 0 spiro atoms. The largest absolute Gasteiger partial charge is 0.467 e. The van der Waals surface area contributed by atoms with Crippen molar-refractivity contribution in [3.63, 3.8) is 0 Å². The molecule has 45 heavy (non-hydrogen) atoms. The molecule has 4 aromatic rings. The summed E-state index contributed by atoms with van der Waals surface area (Å²) in [5.41, 5.74) is 1.71. The molecule has 0 bridgehead atoms. The average Bonchev–Trinajstić information content (AvgIpc) is 3.51. The number of methoxy groups -OCH3 is 1. The Morgan fingerprint density at radius 1 is 0.933 bits per heavy atom. The van der Waals surface area contributed by atoms with Gasteiger partial charge < -0.3 is 24.2 Å². The number of halogens is 1. The first-order valence-corrected chi connectivity index (χ1v) is 15.5. The zero-order valence-corrected chi connectivity index (χ0v) is 27.8. The average molecular weight is 632 g/mol. The summed E-state index contributed by atoms with van der Waals surface area (Å²) in [5, 5.41) is 10.8. The lowest BCUT2D eigenvalue weighted by Gasteiger charge is -2.36. The smallest absolute Gasteiger partial charge is 0.410 e. The minimum atomic E-state index is -0.526. The number of pyridine rings is 1. The lowest BCUT2D eigenvalue weighted by Crippen LogP contribution is -2.50. The number of piperazine rings is 1. The van der Waals surface area contributed by atoms with Crippen molar-refractivity contribution >= 4 is 45.3 Å². The predicted octanol–water partition coefficient (Wildman–Crippen LogP) is 6.81. The molecular formula is C34H42ClN7O3. The van der Waals surface area contributed by atoms with Gasteiger partial charge in [0, 0.05) is 49.1 Å². The highest BCUT2D eigenvalue weighted by Gasteiger charge is 2.27. The molecule has 4 heterocycles. The van der Waals surface area contributed by atoms with E-state index in [-0.39, 0.29) is 12.1 Å². The number of aromatic nitrogens is 3. The number of hydrogen-bond acceptors (Lipinski definition) is 9. The van der Waals surface area contributed by atoms with Crippen LogP contribution < -0.4 is 9.64 Å². The highest BCUT2D eigenvalue weighted by molar-refractivity contribution is 6.36. The molecule has 0 radical (unpaired) electrons. The standard InChI is InChI=1S/C27H28ClN5O3.C5H11N.C2H3N/c1-27(2,3)36-26(34)33-15-13-32(14-16-33)24-19-11-12-21(29-23(19)30-25(31-24)35-4)18-9-5-7-17-8-6-10-20(28)22(17)18;1-6-4-2-3-5-6;1-2-3/h5-12H,13-16H2,1-4H3;2-5H2,1H3;1H3. The van der Waals surface area contributed by atoms with Crippen LogP contribution in [0.5, 0.6) is 6.01 Å². The van der Waals surface area contributed by atoms with E-state index >= 15 is 0 Å². The first-order chi connectivity index (χ1) is 21.5. The molecule has 2 aliphatic rings. The Morgan fingerprint density at radius 3 is 2.16 bits per heavy atom. The fourth-order valence-electron chi connectivity index (χ4n) is 5.27. The quantitative estimate of drug-likeness (QED) is 0.241. The molecule has 0 atom stereocenters. The fourth-order valence-corrected chi connectivity index (χ4v) is 5.55. The van der Waals surface area contributed by atoms with Gasteiger partial charge in [-0.05, 0) is 77.3 Å². The Labute approximate surface area is 270 Å². The van der Waals surface area contributed by atoms with Crippen LogP contribution in [-0.4, -0.2) is 89.9 Å². The molecule has 0 aliphatic carbocycles. The molecule has 1 amide bonds. The highest BCUT2D eigenvalue weighted by Crippen LogP contribution is 2.35. The summed E-state index contributed by atoms with van der Waals surface area (Å²) < 4.78 is 10.9. The topological polar surface area (TPSA) is 108 Å². The Balaban J connectivity index is 0.000000446. The number of carbonyl (C=O) groups is 1. The van der Waals surface area contributed by atoms with E-state index < -0.39 is 5.60 Å². The van der Waals surface area contributed by atoms with Gasteiger partial charge in [-0.15, -0.1) is 0 Å². The van der Waals surface area contributed by atoms with E-state index in [9.17, 15) is 4.79 Å². The Hall–Kier alpha value is -4.20. The summed E-state index contributed by atoms with van der Waals surface area (Å²) in [6.07, 6.45) is 2.53. The molecule has 2 saturated heterocycles. The van der Waals surface area contributed by atoms with Crippen LogP contribution >= 0.6 is 11.6 Å². The van der Waals surface area contributed by atoms with E-state index in [1.54, 1.807) is 18.1 Å². The summed E-state index contributed by atoms with van der Waals surface area (Å²) >= 11 is 6.56. The van der Waals surface area contributed by atoms with Crippen LogP contribution in [0.2, 0.25) is 5.02 Å². The second kappa shape index (κ2) is 15.2. The summed E-state index contributed by atoms with van der Waals surface area (Å²) in [4.78, 5) is 32.7. The summed E-state index contributed by atoms with van der Waals surface area (Å²) in [5.74, 6) is 0.732. The van der Waals surface area contributed by atoms with E-state index in [4.69, 9.17) is 31.3 Å². The lowest BCUT2D eigenvalue weighted by atomic mass is 10.0. The van der Waals surface area contributed by atoms with Crippen LogP contribution in [0, 0.1) is 11.3 Å². The normalized spacial score (nSPS) is 15.1. The SMILES string of the molecule is CC#N.CN1CCCC1.COc1nc(N2CCN(C(=O)OC(C)(C)C)CC2)c2ccc(-c3cccc4cccc(Cl)c34)nc2n1. The van der Waals surface area contributed by atoms with Crippen molar-refractivity contribution in [2.45, 2.75) is 46.1 Å². The lowest BCUT2D eigenvalue weighted by molar-refractivity contribution is 0.0240. The number of ether oxygens (including phenoxy) is 2. The molecule has 6 rings (SSSR count). The van der Waals surface area contributed by atoms with Gasteiger partial charge in [0.05, 0.1) is 24.3 Å². The number of fused-ring (bicyclic) bond motifs is 2. The molecule has 0 N–H and O–H groups in total. The molecule has 0 saturated carbocycles. The van der Waals surface area contributed by atoms with Gasteiger partial charge in [-0.1, -0.05) is 41.9 Å². The van der Waals surface area contributed by atoms with Crippen LogP contribution in [0.15, 0.2) is 48.5 Å². The van der Waals surface area contributed by atoms with E-state index in [0.29, 0.717) is 36.8 Å². The third kappa shape index (κ3) is 8.71. The van der Waals surface area contributed by atoms with Crippen LogP contribution in [-0.2, 0) is 4.74 Å². The maximum absolute atomic E-state index is 12.5. The van der Waals surface area contributed by atoms with E-state index in [1.165, 1.54) is 32.9 Å². The van der Waals surface area contributed by atoms with Crippen molar-refractivity contribution in [1.29, 1.82) is 5.26 Å². The van der Waals surface area contributed by atoms with Crippen molar-refractivity contribution in [2.24, 2.45) is 0 Å². The number of likely N-dealkylation sites (tertiary alicyclic amines) is 1. The van der Waals surface area contributed by atoms with Gasteiger partial charge in [-0.25, -0.2) is 9.78 Å². The van der Waals surface area contributed by atoms with Crippen molar-refractivity contribution in [1.82, 2.24) is 24.8 Å². The predicted molar refractivity (Wildman–Crippen MR) is 180 cm³/mol. The molecule has 11 heteroatoms. The molecule has 2 fully saturated rings. The first-order valence-electron chi connectivity index (χ1n) is 15.2. The monoisotopic (exact) mass is 631 g/mol. The van der Waals surface area contributed by atoms with E-state index in [0.717, 1.165) is 33.2 Å². The maximum atomic E-state index is 12.5. The Kier molecular flexibility index (Phi) is 11.4. The number of rotatable bonds is 3. The number of amides is 1. The number of benzene rings is 2. The van der Waals surface area contributed by atoms with Crippen molar-refractivity contribution in [3.8, 4) is 23.3 Å². The van der Waals surface area contributed by atoms with Crippen molar-refractivity contribution in [2.75, 3.05) is 58.3 Å². The van der Waals surface area contributed by atoms with E-state index in [1.807, 2.05) is 69.3 Å². The summed E-state index contributed by atoms with van der Waals surface area (Å²) in [7, 11) is 3.71. The Morgan fingerprint density at radius 2 is 1.58 bits per heavy atom. The molecule has 2 aliphatic heterocycles. The molecule has 0 unspecified atom stereocenters. The van der Waals surface area contributed by atoms with Crippen LogP contribution in [0.25, 0.3) is 33.1 Å². The number of nitrogens with zero attached hydrogens (tertiary/aromatic N) is 7. The molecule has 2 aromatic carbocycles. The zero-order chi connectivity index (χ0) is 32.6. The second-order valence-electron chi connectivity index (χ2n) is 11.9. The van der Waals surface area contributed by atoms with Gasteiger partial charge >= 0.3 is 12.1 Å². The molecule has 238 valence electrons. The van der Waals surface area contributed by atoms with Gasteiger partial charge in [0.1, 0.15) is 11.4 Å². The fraction of sp³-hybridized carbons (Fsp3) is 0.441. The number of carbonyl (C=O) groups excluding carboxylic acids is 1. The zero-order valence-electron chi connectivity index (χ0n) is 27.0. The van der Waals surface area contributed by atoms with Gasteiger partial charge in [0.2, 0.25) is 0 Å². The Bertz CT molecular complexity index is 1650. The van der Waals surface area contributed by atoms with Crippen LogP contribution in [0.3, 0.4) is 0 Å². The van der Waals surface area contributed by atoms with Gasteiger partial charge in [0.25, 0.3) is 0 Å². The first kappa shape index (κ1) is 33.7. The second-order valence-corrected chi connectivity index (χ2v) is 12.3. The summed E-state index contributed by atoms with van der Waals surface area (Å²) in [6.45, 7) is 11.9. The third-order valence-electron chi connectivity index (χ3n) is 7.39. The van der Waals surface area contributed by atoms with Crippen molar-refractivity contribution < 1.29 is 14.3 Å². The molecular weight excluding hydrogens is 590 g/mol. The van der Waals surface area contributed by atoms with E-state index in [2.05, 4.69) is 26.8 Å². The van der Waals surface area contributed by atoms with Crippen molar-refractivity contribution in [3.05, 3.63) is 53.6 Å². The summed E-state index contributed by atoms with van der Waals surface area (Å²) in [6, 6.07) is 17.8. The third-order valence-corrected chi connectivity index (χ3v) is 7.71. The molecule has 2 aromatic heterocycles. The van der Waals surface area contributed by atoms with Crippen LogP contribution in [0.1, 0.15) is 40.5 Å². The minimum absolute atomic E-state index is 0.243. The number of nitriles is 1. The minimum Gasteiger partial charge on any atom is -0.467 e. The molecule has 10 nitrogen and oxygen atoms in total. The number of hydrogen-bond donors (Lipinski definition) is 0. The van der Waals surface area contributed by atoms with Gasteiger partial charge in [-0.2, -0.15) is 15.2 Å². The van der Waals surface area contributed by atoms with Crippen LogP contribution in [0.4, 0.5) is 10.6 Å². The highest BCUT2D eigenvalue weighted by atomic mass is 35.5. The van der Waals surface area contributed by atoms with Gasteiger partial charge in [0.15, 0.2) is 5.65 Å².